The van der Waals surface area contributed by atoms with Crippen LogP contribution in [-0.4, -0.2) is 30.9 Å². The molecule has 106 valence electrons. The van der Waals surface area contributed by atoms with Crippen LogP contribution in [0, 0.1) is 17.2 Å². The van der Waals surface area contributed by atoms with Crippen molar-refractivity contribution >= 4 is 5.91 Å². The Morgan fingerprint density at radius 1 is 1.50 bits per heavy atom. The molecule has 1 heterocycles. The van der Waals surface area contributed by atoms with Gasteiger partial charge in [-0.15, -0.1) is 0 Å². The summed E-state index contributed by atoms with van der Waals surface area (Å²) >= 11 is 0. The summed E-state index contributed by atoms with van der Waals surface area (Å²) in [4.78, 5) is 14.1. The third-order valence-electron chi connectivity index (χ3n) is 3.98. The molecule has 1 amide bonds. The number of likely N-dealkylation sites (tertiary alicyclic amines) is 1. The molecule has 0 bridgehead atoms. The number of hydrogen-bond acceptors (Lipinski definition) is 3. The van der Waals surface area contributed by atoms with Crippen molar-refractivity contribution in [2.45, 2.75) is 25.3 Å². The van der Waals surface area contributed by atoms with Crippen LogP contribution in [0.3, 0.4) is 0 Å². The third kappa shape index (κ3) is 3.37. The lowest BCUT2D eigenvalue weighted by molar-refractivity contribution is -0.126. The zero-order valence-electron chi connectivity index (χ0n) is 11.9. The van der Waals surface area contributed by atoms with E-state index in [0.717, 1.165) is 31.5 Å². The number of rotatable bonds is 4. The Bertz CT molecular complexity index is 480. The van der Waals surface area contributed by atoms with Gasteiger partial charge in [-0.3, -0.25) is 9.69 Å². The molecular weight excluding hydrogens is 250 g/mol. The van der Waals surface area contributed by atoms with Crippen molar-refractivity contribution < 1.29 is 4.79 Å². The van der Waals surface area contributed by atoms with Crippen LogP contribution in [0.1, 0.15) is 30.9 Å². The summed E-state index contributed by atoms with van der Waals surface area (Å²) in [6.07, 6.45) is 2.40. The van der Waals surface area contributed by atoms with E-state index in [0.29, 0.717) is 6.42 Å². The number of nitrogens with one attached hydrogen (secondary N) is 1. The van der Waals surface area contributed by atoms with Crippen molar-refractivity contribution in [2.24, 2.45) is 5.92 Å². The summed E-state index contributed by atoms with van der Waals surface area (Å²) in [5, 5.41) is 11.8. The summed E-state index contributed by atoms with van der Waals surface area (Å²) < 4.78 is 0. The second kappa shape index (κ2) is 7.06. The zero-order chi connectivity index (χ0) is 14.4. The number of amides is 1. The molecule has 0 aliphatic carbocycles. The summed E-state index contributed by atoms with van der Waals surface area (Å²) in [6, 6.07) is 12.5. The van der Waals surface area contributed by atoms with E-state index < -0.39 is 0 Å². The van der Waals surface area contributed by atoms with Crippen LogP contribution in [-0.2, 0) is 4.79 Å². The lowest BCUT2D eigenvalue weighted by Gasteiger charge is -2.37. The number of carbonyl (C=O) groups is 1. The highest BCUT2D eigenvalue weighted by Crippen LogP contribution is 2.29. The summed E-state index contributed by atoms with van der Waals surface area (Å²) in [6.45, 7) is 1.69. The van der Waals surface area contributed by atoms with Crippen LogP contribution in [0.15, 0.2) is 30.3 Å². The molecule has 0 radical (unpaired) electrons. The van der Waals surface area contributed by atoms with E-state index in [-0.39, 0.29) is 17.9 Å². The molecule has 1 aliphatic rings. The average Bonchev–Trinajstić information content (AvgIpc) is 2.52. The van der Waals surface area contributed by atoms with Crippen LogP contribution in [0.25, 0.3) is 0 Å². The van der Waals surface area contributed by atoms with Gasteiger partial charge in [-0.05, 0) is 24.9 Å². The van der Waals surface area contributed by atoms with Crippen LogP contribution >= 0.6 is 0 Å². The smallest absolute Gasteiger partial charge is 0.224 e. The molecule has 1 aromatic rings. The van der Waals surface area contributed by atoms with Crippen molar-refractivity contribution in [1.82, 2.24) is 10.2 Å². The van der Waals surface area contributed by atoms with Gasteiger partial charge in [0.25, 0.3) is 0 Å². The molecule has 1 saturated heterocycles. The Kier molecular flexibility index (Phi) is 5.14. The van der Waals surface area contributed by atoms with Gasteiger partial charge in [0.15, 0.2) is 0 Å². The SMILES string of the molecule is CNC(=O)C1CCCN(C(CC#N)c2ccccc2)C1. The number of piperidine rings is 1. The van der Waals surface area contributed by atoms with E-state index in [1.807, 2.05) is 18.2 Å². The Morgan fingerprint density at radius 3 is 2.90 bits per heavy atom. The first kappa shape index (κ1) is 14.5. The van der Waals surface area contributed by atoms with E-state index in [2.05, 4.69) is 28.4 Å². The largest absolute Gasteiger partial charge is 0.359 e. The van der Waals surface area contributed by atoms with E-state index >= 15 is 0 Å². The van der Waals surface area contributed by atoms with Gasteiger partial charge in [0.05, 0.1) is 18.4 Å². The highest BCUT2D eigenvalue weighted by atomic mass is 16.1. The van der Waals surface area contributed by atoms with Crippen molar-refractivity contribution in [1.29, 1.82) is 5.26 Å². The third-order valence-corrected chi connectivity index (χ3v) is 3.98. The first-order chi connectivity index (χ1) is 9.76. The zero-order valence-corrected chi connectivity index (χ0v) is 11.9. The predicted molar refractivity (Wildman–Crippen MR) is 77.8 cm³/mol. The Hall–Kier alpha value is -1.86. The lowest BCUT2D eigenvalue weighted by Crippen LogP contribution is -2.43. The van der Waals surface area contributed by atoms with Gasteiger partial charge in [0, 0.05) is 19.6 Å². The van der Waals surface area contributed by atoms with Gasteiger partial charge in [0.1, 0.15) is 0 Å². The van der Waals surface area contributed by atoms with Crippen molar-refractivity contribution in [3.05, 3.63) is 35.9 Å². The fourth-order valence-electron chi connectivity index (χ4n) is 2.93. The van der Waals surface area contributed by atoms with Crippen molar-refractivity contribution in [3.63, 3.8) is 0 Å². The first-order valence-corrected chi connectivity index (χ1v) is 7.13. The van der Waals surface area contributed by atoms with E-state index in [1.165, 1.54) is 0 Å². The molecule has 0 aromatic heterocycles. The maximum Gasteiger partial charge on any atom is 0.224 e. The van der Waals surface area contributed by atoms with Gasteiger partial charge < -0.3 is 5.32 Å². The summed E-state index contributed by atoms with van der Waals surface area (Å²) in [7, 11) is 1.69. The van der Waals surface area contributed by atoms with Gasteiger partial charge >= 0.3 is 0 Å². The minimum absolute atomic E-state index is 0.0404. The second-order valence-electron chi connectivity index (χ2n) is 5.24. The summed E-state index contributed by atoms with van der Waals surface area (Å²) in [5.74, 6) is 0.150. The van der Waals surface area contributed by atoms with Gasteiger partial charge in [-0.2, -0.15) is 5.26 Å². The van der Waals surface area contributed by atoms with Crippen LogP contribution in [0.4, 0.5) is 0 Å². The molecule has 1 aromatic carbocycles. The number of benzene rings is 1. The predicted octanol–water partition coefficient (Wildman–Crippen LogP) is 2.10. The van der Waals surface area contributed by atoms with Crippen molar-refractivity contribution in [2.75, 3.05) is 20.1 Å². The fraction of sp³-hybridized carbons (Fsp3) is 0.500. The summed E-state index contributed by atoms with van der Waals surface area (Å²) in [5.41, 5.74) is 1.16. The Morgan fingerprint density at radius 2 is 2.25 bits per heavy atom. The quantitative estimate of drug-likeness (QED) is 0.912. The second-order valence-corrected chi connectivity index (χ2v) is 5.24. The monoisotopic (exact) mass is 271 g/mol. The number of hydrogen-bond donors (Lipinski definition) is 1. The van der Waals surface area contributed by atoms with Crippen LogP contribution < -0.4 is 5.32 Å². The number of nitriles is 1. The van der Waals surface area contributed by atoms with E-state index in [4.69, 9.17) is 5.26 Å². The van der Waals surface area contributed by atoms with Gasteiger partial charge in [-0.25, -0.2) is 0 Å². The molecule has 0 saturated carbocycles. The van der Waals surface area contributed by atoms with Gasteiger partial charge in [-0.1, -0.05) is 30.3 Å². The van der Waals surface area contributed by atoms with Gasteiger partial charge in [0.2, 0.25) is 5.91 Å². The topological polar surface area (TPSA) is 56.1 Å². The Labute approximate surface area is 120 Å². The molecule has 4 nitrogen and oxygen atoms in total. The minimum atomic E-state index is 0.0404. The van der Waals surface area contributed by atoms with E-state index in [9.17, 15) is 4.79 Å². The maximum atomic E-state index is 11.8. The molecule has 2 rings (SSSR count). The highest BCUT2D eigenvalue weighted by Gasteiger charge is 2.29. The fourth-order valence-corrected chi connectivity index (χ4v) is 2.93. The van der Waals surface area contributed by atoms with Crippen LogP contribution in [0.2, 0.25) is 0 Å². The molecule has 1 N–H and O–H groups in total. The normalized spacial score (nSPS) is 20.9. The molecular formula is C16H21N3O. The number of nitrogens with zero attached hydrogens (tertiary/aromatic N) is 2. The molecule has 0 spiro atoms. The van der Waals surface area contributed by atoms with Crippen LogP contribution in [0.5, 0.6) is 0 Å². The number of carbonyl (C=O) groups excluding carboxylic acids is 1. The molecule has 2 atom stereocenters. The maximum absolute atomic E-state index is 11.8. The average molecular weight is 271 g/mol. The molecule has 20 heavy (non-hydrogen) atoms. The minimum Gasteiger partial charge on any atom is -0.359 e. The molecule has 2 unspecified atom stereocenters. The van der Waals surface area contributed by atoms with E-state index in [1.54, 1.807) is 7.05 Å². The molecule has 1 aliphatic heterocycles. The highest BCUT2D eigenvalue weighted by molar-refractivity contribution is 5.78. The van der Waals surface area contributed by atoms with Crippen molar-refractivity contribution in [3.8, 4) is 6.07 Å². The standard InChI is InChI=1S/C16H21N3O/c1-18-16(20)14-8-5-11-19(12-14)15(9-10-17)13-6-3-2-4-7-13/h2-4,6-7,14-15H,5,8-9,11-12H2,1H3,(H,18,20). The first-order valence-electron chi connectivity index (χ1n) is 7.13. The lowest BCUT2D eigenvalue weighted by atomic mass is 9.93. The molecule has 4 heteroatoms. The Balaban J connectivity index is 2.13. The molecule has 1 fully saturated rings.